The van der Waals surface area contributed by atoms with Crippen LogP contribution in [0, 0.1) is 20.8 Å². The van der Waals surface area contributed by atoms with Gasteiger partial charge in [-0.15, -0.1) is 0 Å². The van der Waals surface area contributed by atoms with Crippen molar-refractivity contribution in [2.24, 2.45) is 4.36 Å². The predicted octanol–water partition coefficient (Wildman–Crippen LogP) is 2.82. The number of benzene rings is 1. The Bertz CT molecular complexity index is 835. The van der Waals surface area contributed by atoms with E-state index in [4.69, 9.17) is 4.42 Å². The summed E-state index contributed by atoms with van der Waals surface area (Å²) in [5.41, 5.74) is 3.71. The topological polar surface area (TPSA) is 71.7 Å². The summed E-state index contributed by atoms with van der Waals surface area (Å²) in [5.74, 6) is 0.0718. The molecule has 2 aromatic rings. The Morgan fingerprint density at radius 1 is 1.23 bits per heavy atom. The monoisotopic (exact) mass is 322 g/mol. The van der Waals surface area contributed by atoms with E-state index in [1.807, 2.05) is 32.9 Å². The highest BCUT2D eigenvalue weighted by Crippen LogP contribution is 2.30. The summed E-state index contributed by atoms with van der Waals surface area (Å²) in [7, 11) is -2.13. The van der Waals surface area contributed by atoms with Crippen molar-refractivity contribution in [2.75, 3.05) is 25.6 Å². The molecule has 1 heterocycles. The molecule has 5 nitrogen and oxygen atoms in total. The summed E-state index contributed by atoms with van der Waals surface area (Å²) in [5, 5.41) is 3.76. The first-order valence-electron chi connectivity index (χ1n) is 7.11. The second-order valence-electron chi connectivity index (χ2n) is 5.75. The normalized spacial score (nSPS) is 11.7. The Morgan fingerprint density at radius 2 is 1.86 bits per heavy atom. The van der Waals surface area contributed by atoms with E-state index < -0.39 is 9.73 Å². The number of fused-ring (bicyclic) bond motifs is 1. The molecule has 0 saturated heterocycles. The number of carbonyl (C=O) groups excluding carboxylic acids is 1. The summed E-state index contributed by atoms with van der Waals surface area (Å²) >= 11 is 0. The van der Waals surface area contributed by atoms with Crippen LogP contribution in [-0.2, 0) is 9.73 Å². The highest BCUT2D eigenvalue weighted by atomic mass is 32.2. The van der Waals surface area contributed by atoms with Gasteiger partial charge >= 0.3 is 0 Å². The summed E-state index contributed by atoms with van der Waals surface area (Å²) in [6.45, 7) is 6.53. The summed E-state index contributed by atoms with van der Waals surface area (Å²) in [6, 6.07) is 4.01. The van der Waals surface area contributed by atoms with Gasteiger partial charge in [-0.3, -0.25) is 9.00 Å². The Balaban J connectivity index is 2.23. The molecule has 1 N–H and O–H groups in total. The molecule has 0 unspecified atom stereocenters. The number of nitrogens with zero attached hydrogens (tertiary/aromatic N) is 1. The molecule has 120 valence electrons. The third-order valence-corrected chi connectivity index (χ3v) is 4.29. The molecule has 6 heteroatoms. The smallest absolute Gasteiger partial charge is 0.287 e. The minimum absolute atomic E-state index is 0.263. The van der Waals surface area contributed by atoms with Crippen LogP contribution in [-0.4, -0.2) is 35.7 Å². The van der Waals surface area contributed by atoms with Crippen molar-refractivity contribution in [3.63, 3.8) is 0 Å². The number of nitrogens with one attached hydrogen (secondary N) is 1. The molecular weight excluding hydrogens is 300 g/mol. The molecule has 0 spiro atoms. The maximum atomic E-state index is 12.3. The average Bonchev–Trinajstić information content (AvgIpc) is 2.77. The molecule has 0 aliphatic rings. The lowest BCUT2D eigenvalue weighted by Crippen LogP contribution is -2.26. The molecule has 22 heavy (non-hydrogen) atoms. The zero-order valence-corrected chi connectivity index (χ0v) is 14.5. The van der Waals surface area contributed by atoms with Crippen molar-refractivity contribution in [3.05, 3.63) is 34.6 Å². The lowest BCUT2D eigenvalue weighted by molar-refractivity contribution is 0.0928. The van der Waals surface area contributed by atoms with Gasteiger partial charge in [0, 0.05) is 39.7 Å². The minimum Gasteiger partial charge on any atom is -0.450 e. The Hall–Kier alpha value is -1.82. The first-order chi connectivity index (χ1) is 10.2. The van der Waals surface area contributed by atoms with E-state index in [0.717, 1.165) is 27.7 Å². The summed E-state index contributed by atoms with van der Waals surface area (Å²) in [4.78, 5) is 12.3. The number of rotatable bonds is 4. The molecule has 0 fully saturated rings. The Labute approximate surface area is 131 Å². The quantitative estimate of drug-likeness (QED) is 0.880. The minimum atomic E-state index is -2.13. The predicted molar refractivity (Wildman–Crippen MR) is 90.0 cm³/mol. The van der Waals surface area contributed by atoms with Gasteiger partial charge in [0.2, 0.25) is 0 Å². The van der Waals surface area contributed by atoms with Gasteiger partial charge in [0.05, 0.1) is 6.54 Å². The standard InChI is InChI=1S/C16H22N2O3S/c1-10-6-7-11(2)14-13(10)12(3)15(21-14)16(19)17-8-9-18-22(4,5)20/h6-7H,8-9H2,1-5H3,(H,17,19). The number of hydrogen-bond acceptors (Lipinski definition) is 4. The van der Waals surface area contributed by atoms with Crippen molar-refractivity contribution in [1.29, 1.82) is 0 Å². The van der Waals surface area contributed by atoms with E-state index in [2.05, 4.69) is 9.68 Å². The maximum absolute atomic E-state index is 12.3. The fraction of sp³-hybridized carbons (Fsp3) is 0.438. The van der Waals surface area contributed by atoms with Crippen LogP contribution in [0.25, 0.3) is 11.0 Å². The van der Waals surface area contributed by atoms with E-state index >= 15 is 0 Å². The van der Waals surface area contributed by atoms with Crippen molar-refractivity contribution < 1.29 is 13.4 Å². The third kappa shape index (κ3) is 3.50. The summed E-state index contributed by atoms with van der Waals surface area (Å²) < 4.78 is 21.2. The largest absolute Gasteiger partial charge is 0.450 e. The fourth-order valence-electron chi connectivity index (χ4n) is 2.41. The number of aryl methyl sites for hydroxylation is 3. The molecule has 1 amide bonds. The Kier molecular flexibility index (Phi) is 4.60. The molecule has 0 atom stereocenters. The lowest BCUT2D eigenvalue weighted by Gasteiger charge is -2.02. The van der Waals surface area contributed by atoms with Gasteiger partial charge in [-0.25, -0.2) is 4.36 Å². The molecule has 0 saturated carbocycles. The van der Waals surface area contributed by atoms with Gasteiger partial charge in [0.25, 0.3) is 5.91 Å². The maximum Gasteiger partial charge on any atom is 0.287 e. The number of carbonyl (C=O) groups is 1. The van der Waals surface area contributed by atoms with Gasteiger partial charge in [-0.2, -0.15) is 0 Å². The van der Waals surface area contributed by atoms with Crippen LogP contribution in [0.15, 0.2) is 20.9 Å². The average molecular weight is 322 g/mol. The third-order valence-electron chi connectivity index (χ3n) is 3.49. The van der Waals surface area contributed by atoms with Gasteiger partial charge in [-0.05, 0) is 31.9 Å². The van der Waals surface area contributed by atoms with Crippen LogP contribution in [0.5, 0.6) is 0 Å². The second-order valence-corrected chi connectivity index (χ2v) is 8.37. The van der Waals surface area contributed by atoms with Crippen LogP contribution in [0.2, 0.25) is 0 Å². The molecule has 2 rings (SSSR count). The van der Waals surface area contributed by atoms with Crippen molar-refractivity contribution in [2.45, 2.75) is 20.8 Å². The summed E-state index contributed by atoms with van der Waals surface area (Å²) in [6.07, 6.45) is 3.15. The molecule has 1 aromatic carbocycles. The van der Waals surface area contributed by atoms with Crippen LogP contribution in [0.3, 0.4) is 0 Å². The lowest BCUT2D eigenvalue weighted by atomic mass is 10.0. The van der Waals surface area contributed by atoms with Crippen molar-refractivity contribution >= 4 is 26.6 Å². The Morgan fingerprint density at radius 3 is 2.45 bits per heavy atom. The van der Waals surface area contributed by atoms with E-state index in [9.17, 15) is 9.00 Å². The van der Waals surface area contributed by atoms with E-state index in [-0.39, 0.29) is 5.91 Å². The highest BCUT2D eigenvalue weighted by Gasteiger charge is 2.19. The number of furan rings is 1. The van der Waals surface area contributed by atoms with Gasteiger partial charge < -0.3 is 9.73 Å². The molecule has 0 radical (unpaired) electrons. The zero-order chi connectivity index (χ0) is 16.5. The molecule has 1 aromatic heterocycles. The zero-order valence-electron chi connectivity index (χ0n) is 13.6. The van der Waals surface area contributed by atoms with Crippen LogP contribution < -0.4 is 5.32 Å². The molecule has 0 bridgehead atoms. The van der Waals surface area contributed by atoms with Crippen LogP contribution >= 0.6 is 0 Å². The molecular formula is C16H22N2O3S. The van der Waals surface area contributed by atoms with Gasteiger partial charge in [0.1, 0.15) is 5.58 Å². The molecule has 0 aliphatic heterocycles. The second kappa shape index (κ2) is 6.12. The van der Waals surface area contributed by atoms with Crippen LogP contribution in [0.4, 0.5) is 0 Å². The molecule has 0 aliphatic carbocycles. The van der Waals surface area contributed by atoms with E-state index in [0.29, 0.717) is 18.8 Å². The number of hydrogen-bond donors (Lipinski definition) is 1. The van der Waals surface area contributed by atoms with E-state index in [1.165, 1.54) is 0 Å². The highest BCUT2D eigenvalue weighted by molar-refractivity contribution is 7.92. The SMILES string of the molecule is Cc1ccc(C)c2c(C)c(C(=O)NCCN=S(C)(C)=O)oc12. The first kappa shape index (κ1) is 16.5. The van der Waals surface area contributed by atoms with Crippen LogP contribution in [0.1, 0.15) is 27.2 Å². The van der Waals surface area contributed by atoms with Gasteiger partial charge in [0.15, 0.2) is 5.76 Å². The van der Waals surface area contributed by atoms with Gasteiger partial charge in [-0.1, -0.05) is 12.1 Å². The van der Waals surface area contributed by atoms with Crippen molar-refractivity contribution in [3.8, 4) is 0 Å². The van der Waals surface area contributed by atoms with Crippen molar-refractivity contribution in [1.82, 2.24) is 5.32 Å². The first-order valence-corrected chi connectivity index (χ1v) is 9.44. The van der Waals surface area contributed by atoms with E-state index in [1.54, 1.807) is 12.5 Å². The fourth-order valence-corrected chi connectivity index (χ4v) is 2.94. The number of amides is 1.